The SMILES string of the molecule is COCCN(Cc1ccccc1)C(=O)C(C)SCc1nc2sc(C)c(C)c2c(=O)[nH]1. The third-order valence-corrected chi connectivity index (χ3v) is 7.24. The average molecular weight is 446 g/mol. The van der Waals surface area contributed by atoms with Crippen molar-refractivity contribution in [3.8, 4) is 0 Å². The molecule has 0 saturated carbocycles. The molecule has 0 saturated heterocycles. The highest BCUT2D eigenvalue weighted by Crippen LogP contribution is 2.26. The van der Waals surface area contributed by atoms with Crippen molar-refractivity contribution in [2.24, 2.45) is 0 Å². The number of methoxy groups -OCH3 is 1. The van der Waals surface area contributed by atoms with Crippen LogP contribution in [0.1, 0.15) is 28.8 Å². The highest BCUT2D eigenvalue weighted by Gasteiger charge is 2.22. The minimum atomic E-state index is -0.265. The lowest BCUT2D eigenvalue weighted by Gasteiger charge is -2.25. The molecular weight excluding hydrogens is 418 g/mol. The van der Waals surface area contributed by atoms with Crippen LogP contribution in [0, 0.1) is 13.8 Å². The van der Waals surface area contributed by atoms with Gasteiger partial charge in [-0.2, -0.15) is 0 Å². The Balaban J connectivity index is 1.68. The van der Waals surface area contributed by atoms with Gasteiger partial charge in [-0.05, 0) is 31.9 Å². The lowest BCUT2D eigenvalue weighted by molar-refractivity contribution is -0.131. The van der Waals surface area contributed by atoms with E-state index >= 15 is 0 Å². The molecule has 0 fully saturated rings. The van der Waals surface area contributed by atoms with Gasteiger partial charge in [0.25, 0.3) is 5.56 Å². The molecule has 2 heterocycles. The normalized spacial score (nSPS) is 12.3. The summed E-state index contributed by atoms with van der Waals surface area (Å²) >= 11 is 3.01. The van der Waals surface area contributed by atoms with Crippen LogP contribution in [0.5, 0.6) is 0 Å². The molecule has 1 aromatic carbocycles. The second kappa shape index (κ2) is 10.2. The summed E-state index contributed by atoms with van der Waals surface area (Å²) in [6, 6.07) is 9.93. The molecule has 1 unspecified atom stereocenters. The number of benzene rings is 1. The van der Waals surface area contributed by atoms with Crippen LogP contribution >= 0.6 is 23.1 Å². The fourth-order valence-electron chi connectivity index (χ4n) is 3.17. The molecule has 2 aromatic heterocycles. The summed E-state index contributed by atoms with van der Waals surface area (Å²) in [5.41, 5.74) is 1.96. The highest BCUT2D eigenvalue weighted by molar-refractivity contribution is 7.99. The Morgan fingerprint density at radius 1 is 1.30 bits per heavy atom. The van der Waals surface area contributed by atoms with E-state index in [1.54, 1.807) is 7.11 Å². The molecule has 0 bridgehead atoms. The second-order valence-corrected chi connectivity index (χ2v) is 9.70. The quantitative estimate of drug-likeness (QED) is 0.541. The van der Waals surface area contributed by atoms with Crippen molar-refractivity contribution in [2.75, 3.05) is 20.3 Å². The number of aryl methyl sites for hydroxylation is 2. The van der Waals surface area contributed by atoms with E-state index in [9.17, 15) is 9.59 Å². The summed E-state index contributed by atoms with van der Waals surface area (Å²) in [7, 11) is 1.63. The first kappa shape index (κ1) is 22.5. The van der Waals surface area contributed by atoms with Crippen LogP contribution in [0.4, 0.5) is 0 Å². The van der Waals surface area contributed by atoms with E-state index in [-0.39, 0.29) is 16.7 Å². The van der Waals surface area contributed by atoms with Crippen LogP contribution < -0.4 is 5.56 Å². The molecular formula is C22H27N3O3S2. The number of amides is 1. The van der Waals surface area contributed by atoms with E-state index in [1.165, 1.54) is 23.1 Å². The minimum absolute atomic E-state index is 0.0483. The van der Waals surface area contributed by atoms with Gasteiger partial charge in [0.1, 0.15) is 10.7 Å². The zero-order valence-electron chi connectivity index (χ0n) is 17.7. The summed E-state index contributed by atoms with van der Waals surface area (Å²) in [4.78, 5) is 36.7. The van der Waals surface area contributed by atoms with Crippen LogP contribution in [0.2, 0.25) is 0 Å². The molecule has 0 spiro atoms. The van der Waals surface area contributed by atoms with Gasteiger partial charge in [-0.1, -0.05) is 30.3 Å². The number of fused-ring (bicyclic) bond motifs is 1. The van der Waals surface area contributed by atoms with Crippen LogP contribution in [-0.2, 0) is 21.8 Å². The third-order valence-electron chi connectivity index (χ3n) is 5.00. The predicted molar refractivity (Wildman–Crippen MR) is 124 cm³/mol. The van der Waals surface area contributed by atoms with Crippen molar-refractivity contribution >= 4 is 39.2 Å². The van der Waals surface area contributed by atoms with E-state index in [4.69, 9.17) is 4.74 Å². The highest BCUT2D eigenvalue weighted by atomic mass is 32.2. The molecule has 160 valence electrons. The summed E-state index contributed by atoms with van der Waals surface area (Å²) < 4.78 is 5.19. The molecule has 30 heavy (non-hydrogen) atoms. The van der Waals surface area contributed by atoms with E-state index in [0.29, 0.717) is 36.7 Å². The van der Waals surface area contributed by atoms with Crippen molar-refractivity contribution in [3.05, 3.63) is 62.5 Å². The Bertz CT molecular complexity index is 1060. The van der Waals surface area contributed by atoms with E-state index in [0.717, 1.165) is 20.8 Å². The minimum Gasteiger partial charge on any atom is -0.383 e. The molecule has 0 radical (unpaired) electrons. The molecule has 6 nitrogen and oxygen atoms in total. The number of aromatic amines is 1. The average Bonchev–Trinajstić information content (AvgIpc) is 3.03. The Kier molecular flexibility index (Phi) is 7.69. The second-order valence-electron chi connectivity index (χ2n) is 7.17. The van der Waals surface area contributed by atoms with Crippen molar-refractivity contribution in [2.45, 2.75) is 38.3 Å². The van der Waals surface area contributed by atoms with Gasteiger partial charge in [-0.3, -0.25) is 9.59 Å². The number of carbonyl (C=O) groups excluding carboxylic acids is 1. The molecule has 1 atom stereocenters. The van der Waals surface area contributed by atoms with E-state index < -0.39 is 0 Å². The van der Waals surface area contributed by atoms with Crippen LogP contribution in [0.25, 0.3) is 10.2 Å². The maximum atomic E-state index is 13.1. The predicted octanol–water partition coefficient (Wildman–Crippen LogP) is 3.90. The number of hydrogen-bond donors (Lipinski definition) is 1. The topological polar surface area (TPSA) is 75.3 Å². The molecule has 3 aromatic rings. The molecule has 1 N–H and O–H groups in total. The standard InChI is InChI=1S/C22H27N3O3S2/c1-14-15(2)30-21-19(14)20(26)23-18(24-21)13-29-16(3)22(27)25(10-11-28-4)12-17-8-6-5-7-9-17/h5-9,16H,10-13H2,1-4H3,(H,23,24,26). The first-order valence-corrected chi connectivity index (χ1v) is 11.7. The van der Waals surface area contributed by atoms with Gasteiger partial charge in [-0.15, -0.1) is 23.1 Å². The Morgan fingerprint density at radius 2 is 2.03 bits per heavy atom. The van der Waals surface area contributed by atoms with Gasteiger partial charge >= 0.3 is 0 Å². The number of thioether (sulfide) groups is 1. The fraction of sp³-hybridized carbons (Fsp3) is 0.409. The van der Waals surface area contributed by atoms with Crippen molar-refractivity contribution < 1.29 is 9.53 Å². The van der Waals surface area contributed by atoms with Gasteiger partial charge in [0, 0.05) is 25.1 Å². The Labute approximate surface area is 184 Å². The first-order valence-electron chi connectivity index (χ1n) is 9.82. The van der Waals surface area contributed by atoms with E-state index in [1.807, 2.05) is 56.0 Å². The summed E-state index contributed by atoms with van der Waals surface area (Å²) in [6.45, 7) is 7.40. The van der Waals surface area contributed by atoms with Crippen LogP contribution in [-0.4, -0.2) is 46.3 Å². The van der Waals surface area contributed by atoms with E-state index in [2.05, 4.69) is 9.97 Å². The number of nitrogens with one attached hydrogen (secondary N) is 1. The summed E-state index contributed by atoms with van der Waals surface area (Å²) in [5.74, 6) is 1.12. The number of ether oxygens (including phenoxy) is 1. The zero-order chi connectivity index (χ0) is 21.7. The Hall–Kier alpha value is -2.16. The van der Waals surface area contributed by atoms with Crippen molar-refractivity contribution in [1.29, 1.82) is 0 Å². The molecule has 1 amide bonds. The fourth-order valence-corrected chi connectivity index (χ4v) is 5.06. The number of aromatic nitrogens is 2. The maximum absolute atomic E-state index is 13.1. The molecule has 0 aliphatic carbocycles. The Morgan fingerprint density at radius 3 is 2.73 bits per heavy atom. The lowest BCUT2D eigenvalue weighted by Crippen LogP contribution is -2.38. The number of rotatable bonds is 9. The lowest BCUT2D eigenvalue weighted by atomic mass is 10.2. The van der Waals surface area contributed by atoms with Crippen molar-refractivity contribution in [3.63, 3.8) is 0 Å². The monoisotopic (exact) mass is 445 g/mol. The number of carbonyl (C=O) groups is 1. The number of hydrogen-bond acceptors (Lipinski definition) is 6. The van der Waals surface area contributed by atoms with Gasteiger partial charge < -0.3 is 14.6 Å². The zero-order valence-corrected chi connectivity index (χ0v) is 19.4. The maximum Gasteiger partial charge on any atom is 0.259 e. The van der Waals surface area contributed by atoms with Gasteiger partial charge in [0.15, 0.2) is 0 Å². The number of H-pyrrole nitrogens is 1. The summed E-state index contributed by atoms with van der Waals surface area (Å²) in [5, 5.41) is 0.405. The number of thiophene rings is 1. The summed E-state index contributed by atoms with van der Waals surface area (Å²) in [6.07, 6.45) is 0. The largest absolute Gasteiger partial charge is 0.383 e. The first-order chi connectivity index (χ1) is 14.4. The van der Waals surface area contributed by atoms with Crippen LogP contribution in [0.15, 0.2) is 35.1 Å². The van der Waals surface area contributed by atoms with Crippen LogP contribution in [0.3, 0.4) is 0 Å². The third kappa shape index (κ3) is 5.30. The van der Waals surface area contributed by atoms with Crippen molar-refractivity contribution in [1.82, 2.24) is 14.9 Å². The molecule has 8 heteroatoms. The van der Waals surface area contributed by atoms with Gasteiger partial charge in [-0.25, -0.2) is 4.98 Å². The molecule has 0 aliphatic heterocycles. The van der Waals surface area contributed by atoms with Gasteiger partial charge in [0.2, 0.25) is 5.91 Å². The molecule has 3 rings (SSSR count). The number of nitrogens with zero attached hydrogens (tertiary/aromatic N) is 2. The molecule has 0 aliphatic rings. The van der Waals surface area contributed by atoms with Gasteiger partial charge in [0.05, 0.1) is 23.0 Å². The smallest absolute Gasteiger partial charge is 0.259 e.